The molecule has 5 nitrogen and oxygen atoms in total. The standard InChI is InChI=1S/C19H16FNO4/c1-25-16-4-2-3-15(12-16)18(22)9-8-14-7-5-13(11-17(14)20)6-10-19(23)21-24/h2-12,24H,1H3,(H,21,23). The smallest absolute Gasteiger partial charge is 0.267 e. The van der Waals surface area contributed by atoms with E-state index in [1.165, 1.54) is 43.0 Å². The normalized spacial score (nSPS) is 11.0. The second kappa shape index (κ2) is 8.56. The fourth-order valence-corrected chi connectivity index (χ4v) is 2.03. The van der Waals surface area contributed by atoms with Crippen LogP contribution in [0.25, 0.3) is 12.2 Å². The highest BCUT2D eigenvalue weighted by atomic mass is 19.1. The van der Waals surface area contributed by atoms with Crippen molar-refractivity contribution in [1.82, 2.24) is 5.48 Å². The zero-order valence-corrected chi connectivity index (χ0v) is 13.4. The molecule has 0 saturated carbocycles. The molecule has 25 heavy (non-hydrogen) atoms. The average molecular weight is 341 g/mol. The fourth-order valence-electron chi connectivity index (χ4n) is 2.03. The summed E-state index contributed by atoms with van der Waals surface area (Å²) in [6, 6.07) is 11.0. The molecular formula is C19H16FNO4. The maximum atomic E-state index is 14.1. The fraction of sp³-hybridized carbons (Fsp3) is 0.0526. The van der Waals surface area contributed by atoms with Crippen molar-refractivity contribution in [1.29, 1.82) is 0 Å². The van der Waals surface area contributed by atoms with Gasteiger partial charge in [-0.3, -0.25) is 14.8 Å². The van der Waals surface area contributed by atoms with Gasteiger partial charge in [-0.15, -0.1) is 0 Å². The molecule has 0 aliphatic rings. The number of nitrogens with one attached hydrogen (secondary N) is 1. The highest BCUT2D eigenvalue weighted by Gasteiger charge is 2.05. The van der Waals surface area contributed by atoms with Gasteiger partial charge >= 0.3 is 0 Å². The topological polar surface area (TPSA) is 75.6 Å². The van der Waals surface area contributed by atoms with Gasteiger partial charge in [-0.25, -0.2) is 9.87 Å². The minimum Gasteiger partial charge on any atom is -0.497 e. The maximum absolute atomic E-state index is 14.1. The van der Waals surface area contributed by atoms with Crippen LogP contribution in [0.2, 0.25) is 0 Å². The van der Waals surface area contributed by atoms with Gasteiger partial charge in [0, 0.05) is 17.2 Å². The molecule has 0 unspecified atom stereocenters. The van der Waals surface area contributed by atoms with Crippen LogP contribution in [0.15, 0.2) is 54.6 Å². The van der Waals surface area contributed by atoms with Gasteiger partial charge in [0.2, 0.25) is 0 Å². The van der Waals surface area contributed by atoms with Crippen molar-refractivity contribution in [2.45, 2.75) is 0 Å². The van der Waals surface area contributed by atoms with Gasteiger partial charge in [-0.05, 0) is 42.0 Å². The lowest BCUT2D eigenvalue weighted by Crippen LogP contribution is -2.14. The second-order valence-corrected chi connectivity index (χ2v) is 5.02. The SMILES string of the molecule is COc1cccc(C(=O)C=Cc2ccc(C=CC(=O)NO)cc2F)c1. The lowest BCUT2D eigenvalue weighted by atomic mass is 10.1. The van der Waals surface area contributed by atoms with Gasteiger partial charge in [0.1, 0.15) is 11.6 Å². The van der Waals surface area contributed by atoms with Crippen molar-refractivity contribution in [2.24, 2.45) is 0 Å². The highest BCUT2D eigenvalue weighted by Crippen LogP contribution is 2.16. The summed E-state index contributed by atoms with van der Waals surface area (Å²) in [6.07, 6.45) is 5.08. The molecule has 0 aromatic heterocycles. The number of ether oxygens (including phenoxy) is 1. The van der Waals surface area contributed by atoms with E-state index in [-0.39, 0.29) is 11.3 Å². The van der Waals surface area contributed by atoms with Crippen LogP contribution < -0.4 is 10.2 Å². The molecule has 1 amide bonds. The van der Waals surface area contributed by atoms with Crippen LogP contribution in [0.1, 0.15) is 21.5 Å². The first kappa shape index (κ1) is 18.1. The van der Waals surface area contributed by atoms with Gasteiger partial charge < -0.3 is 4.74 Å². The molecular weight excluding hydrogens is 325 g/mol. The van der Waals surface area contributed by atoms with Crippen molar-refractivity contribution in [3.63, 3.8) is 0 Å². The number of carbonyl (C=O) groups is 2. The average Bonchev–Trinajstić information content (AvgIpc) is 2.65. The monoisotopic (exact) mass is 341 g/mol. The molecule has 0 spiro atoms. The lowest BCUT2D eigenvalue weighted by Gasteiger charge is -2.02. The van der Waals surface area contributed by atoms with Crippen LogP contribution >= 0.6 is 0 Å². The molecule has 0 radical (unpaired) electrons. The van der Waals surface area contributed by atoms with Crippen LogP contribution in [-0.2, 0) is 4.79 Å². The first-order valence-electron chi connectivity index (χ1n) is 7.31. The van der Waals surface area contributed by atoms with E-state index in [0.717, 1.165) is 6.08 Å². The Morgan fingerprint density at radius 2 is 1.92 bits per heavy atom. The summed E-state index contributed by atoms with van der Waals surface area (Å²) < 4.78 is 19.1. The molecule has 128 valence electrons. The van der Waals surface area contributed by atoms with Crippen LogP contribution in [0, 0.1) is 5.82 Å². The Morgan fingerprint density at radius 1 is 1.12 bits per heavy atom. The Balaban J connectivity index is 2.13. The van der Waals surface area contributed by atoms with E-state index in [2.05, 4.69) is 0 Å². The molecule has 2 aromatic carbocycles. The predicted octanol–water partition coefficient (Wildman–Crippen LogP) is 3.25. The van der Waals surface area contributed by atoms with E-state index in [1.807, 2.05) is 0 Å². The lowest BCUT2D eigenvalue weighted by molar-refractivity contribution is -0.124. The van der Waals surface area contributed by atoms with Crippen molar-refractivity contribution in [3.05, 3.63) is 77.1 Å². The summed E-state index contributed by atoms with van der Waals surface area (Å²) in [7, 11) is 1.51. The third kappa shape index (κ3) is 5.12. The number of hydrogen-bond acceptors (Lipinski definition) is 4. The van der Waals surface area contributed by atoms with Crippen LogP contribution in [0.5, 0.6) is 5.75 Å². The number of allylic oxidation sites excluding steroid dienone is 1. The molecule has 0 atom stereocenters. The summed E-state index contributed by atoms with van der Waals surface area (Å²) in [4.78, 5) is 23.0. The minimum atomic E-state index is -0.715. The quantitative estimate of drug-likeness (QED) is 0.366. The van der Waals surface area contributed by atoms with E-state index in [0.29, 0.717) is 16.9 Å². The Hall–Kier alpha value is -3.25. The third-order valence-corrected chi connectivity index (χ3v) is 3.33. The van der Waals surface area contributed by atoms with E-state index in [9.17, 15) is 14.0 Å². The Kier molecular flexibility index (Phi) is 6.20. The van der Waals surface area contributed by atoms with E-state index in [4.69, 9.17) is 9.94 Å². The zero-order valence-electron chi connectivity index (χ0n) is 13.4. The first-order valence-corrected chi connectivity index (χ1v) is 7.31. The number of halogens is 1. The van der Waals surface area contributed by atoms with Gasteiger partial charge in [-0.1, -0.05) is 24.3 Å². The molecule has 0 fully saturated rings. The largest absolute Gasteiger partial charge is 0.497 e. The number of hydrogen-bond donors (Lipinski definition) is 2. The summed E-state index contributed by atoms with van der Waals surface area (Å²) in [5.74, 6) is -0.968. The second-order valence-electron chi connectivity index (χ2n) is 5.02. The highest BCUT2D eigenvalue weighted by molar-refractivity contribution is 6.07. The third-order valence-electron chi connectivity index (χ3n) is 3.33. The number of methoxy groups -OCH3 is 1. The Morgan fingerprint density at radius 3 is 2.60 bits per heavy atom. The molecule has 0 bridgehead atoms. The zero-order chi connectivity index (χ0) is 18.2. The number of benzene rings is 2. The predicted molar refractivity (Wildman–Crippen MR) is 91.7 cm³/mol. The van der Waals surface area contributed by atoms with Gasteiger partial charge in [0.25, 0.3) is 5.91 Å². The summed E-state index contributed by atoms with van der Waals surface area (Å²) in [6.45, 7) is 0. The van der Waals surface area contributed by atoms with Crippen molar-refractivity contribution in [3.8, 4) is 5.75 Å². The molecule has 2 rings (SSSR count). The summed E-state index contributed by atoms with van der Waals surface area (Å²) >= 11 is 0. The number of hydroxylamine groups is 1. The summed E-state index contributed by atoms with van der Waals surface area (Å²) in [5, 5.41) is 8.39. The Bertz CT molecular complexity index is 843. The number of rotatable bonds is 6. The van der Waals surface area contributed by atoms with Crippen molar-refractivity contribution >= 4 is 23.8 Å². The van der Waals surface area contributed by atoms with E-state index >= 15 is 0 Å². The molecule has 0 saturated heterocycles. The molecule has 2 N–H and O–H groups in total. The van der Waals surface area contributed by atoms with E-state index in [1.54, 1.807) is 30.3 Å². The number of carbonyl (C=O) groups excluding carboxylic acids is 2. The molecule has 0 aliphatic heterocycles. The number of amides is 1. The van der Waals surface area contributed by atoms with Crippen LogP contribution in [-0.4, -0.2) is 24.0 Å². The van der Waals surface area contributed by atoms with Crippen LogP contribution in [0.4, 0.5) is 4.39 Å². The molecule has 0 aliphatic carbocycles. The first-order chi connectivity index (χ1) is 12.0. The Labute approximate surface area is 144 Å². The van der Waals surface area contributed by atoms with Gasteiger partial charge in [0.05, 0.1) is 7.11 Å². The van der Waals surface area contributed by atoms with Crippen LogP contribution in [0.3, 0.4) is 0 Å². The van der Waals surface area contributed by atoms with E-state index < -0.39 is 11.7 Å². The van der Waals surface area contributed by atoms with Gasteiger partial charge in [-0.2, -0.15) is 0 Å². The summed E-state index contributed by atoms with van der Waals surface area (Å²) in [5.41, 5.74) is 2.55. The molecule has 2 aromatic rings. The molecule has 0 heterocycles. The maximum Gasteiger partial charge on any atom is 0.267 e. The number of ketones is 1. The molecule has 6 heteroatoms. The van der Waals surface area contributed by atoms with Crippen molar-refractivity contribution in [2.75, 3.05) is 7.11 Å². The van der Waals surface area contributed by atoms with Gasteiger partial charge in [0.15, 0.2) is 5.78 Å². The van der Waals surface area contributed by atoms with Crippen molar-refractivity contribution < 1.29 is 23.9 Å². The minimum absolute atomic E-state index is 0.236.